The Bertz CT molecular complexity index is 770. The molecule has 8 heteroatoms. The number of β-amino-alcohol motifs (C(OH)–C–C–N with tert-alkyl or cyclic N) is 1. The van der Waals surface area contributed by atoms with Gasteiger partial charge in [-0.3, -0.25) is 9.89 Å². The molecule has 1 aromatic carbocycles. The maximum Gasteiger partial charge on any atom is 0.227 e. The zero-order valence-corrected chi connectivity index (χ0v) is 13.6. The summed E-state index contributed by atoms with van der Waals surface area (Å²) in [7, 11) is 0. The molecule has 1 saturated heterocycles. The van der Waals surface area contributed by atoms with Crippen LogP contribution in [0.4, 0.5) is 13.2 Å². The van der Waals surface area contributed by atoms with Gasteiger partial charge in [-0.05, 0) is 37.1 Å². The minimum atomic E-state index is -1.55. The number of benzene rings is 1. The molecule has 1 fully saturated rings. The summed E-state index contributed by atoms with van der Waals surface area (Å²) in [5, 5.41) is 17.1. The molecule has 2 atom stereocenters. The van der Waals surface area contributed by atoms with Gasteiger partial charge in [-0.1, -0.05) is 0 Å². The molecule has 1 amide bonds. The molecule has 0 radical (unpaired) electrons. The van der Waals surface area contributed by atoms with E-state index < -0.39 is 23.6 Å². The third-order valence-electron chi connectivity index (χ3n) is 4.39. The number of rotatable bonds is 4. The molecule has 134 valence electrons. The van der Waals surface area contributed by atoms with Gasteiger partial charge in [0, 0.05) is 24.7 Å². The molecule has 0 spiro atoms. The van der Waals surface area contributed by atoms with Gasteiger partial charge in [0.2, 0.25) is 5.91 Å². The minimum Gasteiger partial charge on any atom is -0.391 e. The van der Waals surface area contributed by atoms with Crippen molar-refractivity contribution < 1.29 is 23.1 Å². The zero-order valence-electron chi connectivity index (χ0n) is 13.6. The van der Waals surface area contributed by atoms with E-state index in [9.17, 15) is 23.1 Å². The van der Waals surface area contributed by atoms with Crippen molar-refractivity contribution in [3.63, 3.8) is 0 Å². The normalized spacial score (nSPS) is 20.3. The quantitative estimate of drug-likeness (QED) is 0.823. The smallest absolute Gasteiger partial charge is 0.227 e. The first-order valence-corrected chi connectivity index (χ1v) is 7.93. The van der Waals surface area contributed by atoms with Crippen LogP contribution in [0.3, 0.4) is 0 Å². The highest BCUT2D eigenvalue weighted by Gasteiger charge is 2.34. The van der Waals surface area contributed by atoms with Gasteiger partial charge in [0.05, 0.1) is 18.2 Å². The van der Waals surface area contributed by atoms with Gasteiger partial charge >= 0.3 is 0 Å². The van der Waals surface area contributed by atoms with Gasteiger partial charge in [-0.2, -0.15) is 5.10 Å². The number of H-pyrrole nitrogens is 1. The molecule has 2 N–H and O–H groups in total. The fourth-order valence-corrected chi connectivity index (χ4v) is 3.10. The minimum absolute atomic E-state index is 0.0577. The lowest BCUT2D eigenvalue weighted by Crippen LogP contribution is -2.31. The predicted octanol–water partition coefficient (Wildman–Crippen LogP) is 1.74. The van der Waals surface area contributed by atoms with Crippen LogP contribution in [0, 0.1) is 30.3 Å². The number of hydrogen-bond acceptors (Lipinski definition) is 3. The Morgan fingerprint density at radius 3 is 2.56 bits per heavy atom. The second kappa shape index (κ2) is 6.87. The van der Waals surface area contributed by atoms with E-state index in [4.69, 9.17) is 0 Å². The number of hydrogen-bond donors (Lipinski definition) is 2. The number of amides is 1. The van der Waals surface area contributed by atoms with E-state index in [1.807, 2.05) is 13.0 Å². The Labute approximate surface area is 142 Å². The van der Waals surface area contributed by atoms with Gasteiger partial charge in [-0.25, -0.2) is 13.2 Å². The molecule has 0 bridgehead atoms. The summed E-state index contributed by atoms with van der Waals surface area (Å²) in [6.07, 6.45) is -0.424. The van der Waals surface area contributed by atoms with Crippen molar-refractivity contribution in [1.29, 1.82) is 0 Å². The van der Waals surface area contributed by atoms with E-state index in [-0.39, 0.29) is 30.4 Å². The van der Waals surface area contributed by atoms with Crippen LogP contribution in [0.1, 0.15) is 17.0 Å². The highest BCUT2D eigenvalue weighted by Crippen LogP contribution is 2.22. The summed E-state index contributed by atoms with van der Waals surface area (Å²) in [4.78, 5) is 13.8. The molecule has 0 aliphatic carbocycles. The van der Waals surface area contributed by atoms with Crippen molar-refractivity contribution in [2.45, 2.75) is 25.9 Å². The summed E-state index contributed by atoms with van der Waals surface area (Å²) in [5.74, 6) is -4.73. The Morgan fingerprint density at radius 2 is 1.96 bits per heavy atom. The van der Waals surface area contributed by atoms with Crippen molar-refractivity contribution in [3.8, 4) is 0 Å². The molecule has 2 heterocycles. The third kappa shape index (κ3) is 3.84. The van der Waals surface area contributed by atoms with Crippen molar-refractivity contribution in [1.82, 2.24) is 15.1 Å². The largest absolute Gasteiger partial charge is 0.391 e. The van der Waals surface area contributed by atoms with E-state index in [1.54, 1.807) is 0 Å². The SMILES string of the molecule is Cc1cc(C[C@@H]2CN(C(=O)Cc3cc(F)c(F)c(F)c3)C[C@H]2O)n[nH]1. The lowest BCUT2D eigenvalue weighted by Gasteiger charge is -2.16. The van der Waals surface area contributed by atoms with E-state index in [1.165, 1.54) is 4.90 Å². The van der Waals surface area contributed by atoms with Crippen molar-refractivity contribution >= 4 is 5.91 Å². The van der Waals surface area contributed by atoms with Crippen LogP contribution in [0.25, 0.3) is 0 Å². The summed E-state index contributed by atoms with van der Waals surface area (Å²) in [6, 6.07) is 3.50. The Kier molecular flexibility index (Phi) is 4.80. The lowest BCUT2D eigenvalue weighted by molar-refractivity contribution is -0.129. The summed E-state index contributed by atoms with van der Waals surface area (Å²) >= 11 is 0. The van der Waals surface area contributed by atoms with E-state index in [0.29, 0.717) is 13.0 Å². The molecule has 0 saturated carbocycles. The molecule has 5 nitrogen and oxygen atoms in total. The Hall–Kier alpha value is -2.35. The Balaban J connectivity index is 1.63. The molecule has 0 unspecified atom stereocenters. The highest BCUT2D eigenvalue weighted by atomic mass is 19.2. The number of aliphatic hydroxyl groups is 1. The molecule has 25 heavy (non-hydrogen) atoms. The number of nitrogens with one attached hydrogen (secondary N) is 1. The average Bonchev–Trinajstić information content (AvgIpc) is 3.11. The van der Waals surface area contributed by atoms with Crippen LogP contribution in [-0.4, -0.2) is 45.3 Å². The summed E-state index contributed by atoms with van der Waals surface area (Å²) in [6.45, 7) is 2.36. The second-order valence-electron chi connectivity index (χ2n) is 6.42. The number of halogens is 3. The average molecular weight is 353 g/mol. The topological polar surface area (TPSA) is 69.2 Å². The first kappa shape index (κ1) is 17.5. The number of likely N-dealkylation sites (tertiary alicyclic amines) is 1. The zero-order chi connectivity index (χ0) is 18.1. The fourth-order valence-electron chi connectivity index (χ4n) is 3.10. The van der Waals surface area contributed by atoms with Crippen LogP contribution < -0.4 is 0 Å². The molecule has 1 aliphatic heterocycles. The molecule has 1 aliphatic rings. The lowest BCUT2D eigenvalue weighted by atomic mass is 10.0. The van der Waals surface area contributed by atoms with Crippen LogP contribution >= 0.6 is 0 Å². The van der Waals surface area contributed by atoms with E-state index in [0.717, 1.165) is 23.5 Å². The molecular weight excluding hydrogens is 335 g/mol. The van der Waals surface area contributed by atoms with Crippen LogP contribution in [-0.2, 0) is 17.6 Å². The highest BCUT2D eigenvalue weighted by molar-refractivity contribution is 5.79. The number of nitrogens with zero attached hydrogens (tertiary/aromatic N) is 2. The number of aryl methyl sites for hydroxylation is 1. The van der Waals surface area contributed by atoms with Gasteiger partial charge in [0.25, 0.3) is 0 Å². The molecule has 1 aromatic heterocycles. The Morgan fingerprint density at radius 1 is 1.28 bits per heavy atom. The van der Waals surface area contributed by atoms with Crippen LogP contribution in [0.5, 0.6) is 0 Å². The molecule has 2 aromatic rings. The van der Waals surface area contributed by atoms with E-state index in [2.05, 4.69) is 10.2 Å². The van der Waals surface area contributed by atoms with Crippen molar-refractivity contribution in [2.75, 3.05) is 13.1 Å². The number of aromatic amines is 1. The van der Waals surface area contributed by atoms with Crippen LogP contribution in [0.15, 0.2) is 18.2 Å². The number of carbonyl (C=O) groups is 1. The van der Waals surface area contributed by atoms with E-state index >= 15 is 0 Å². The summed E-state index contributed by atoms with van der Waals surface area (Å²) in [5.41, 5.74) is 1.77. The standard InChI is InChI=1S/C17H18F3N3O2/c1-9-2-12(22-21-9)6-11-7-23(8-15(11)24)16(25)5-10-3-13(18)17(20)14(19)4-10/h2-4,11,15,24H,5-8H2,1H3,(H,21,22)/t11-,15-/m1/s1. The fraction of sp³-hybridized carbons (Fsp3) is 0.412. The monoisotopic (exact) mass is 353 g/mol. The van der Waals surface area contributed by atoms with Gasteiger partial charge in [-0.15, -0.1) is 0 Å². The number of aliphatic hydroxyl groups excluding tert-OH is 1. The maximum absolute atomic E-state index is 13.2. The summed E-state index contributed by atoms with van der Waals surface area (Å²) < 4.78 is 39.5. The van der Waals surface area contributed by atoms with Gasteiger partial charge in [0.1, 0.15) is 0 Å². The second-order valence-corrected chi connectivity index (χ2v) is 6.42. The van der Waals surface area contributed by atoms with Crippen molar-refractivity contribution in [2.24, 2.45) is 5.92 Å². The van der Waals surface area contributed by atoms with Crippen molar-refractivity contribution in [3.05, 3.63) is 52.6 Å². The molecule has 3 rings (SSSR count). The first-order chi connectivity index (χ1) is 11.8. The van der Waals surface area contributed by atoms with Gasteiger partial charge in [0.15, 0.2) is 17.5 Å². The van der Waals surface area contributed by atoms with Gasteiger partial charge < -0.3 is 10.0 Å². The predicted molar refractivity (Wildman–Crippen MR) is 83.1 cm³/mol. The first-order valence-electron chi connectivity index (χ1n) is 7.93. The third-order valence-corrected chi connectivity index (χ3v) is 4.39. The molecular formula is C17H18F3N3O2. The number of aromatic nitrogens is 2. The number of carbonyl (C=O) groups excluding carboxylic acids is 1. The van der Waals surface area contributed by atoms with Crippen LogP contribution in [0.2, 0.25) is 0 Å². The maximum atomic E-state index is 13.2.